The molecule has 0 saturated carbocycles. The van der Waals surface area contributed by atoms with Crippen molar-refractivity contribution in [3.05, 3.63) is 24.3 Å². The first kappa shape index (κ1) is 17.9. The summed E-state index contributed by atoms with van der Waals surface area (Å²) in [7, 11) is 0. The Morgan fingerprint density at radius 1 is 1.17 bits per heavy atom. The van der Waals surface area contributed by atoms with E-state index in [9.17, 15) is 9.59 Å². The van der Waals surface area contributed by atoms with Crippen LogP contribution in [0.4, 0.5) is 5.69 Å². The summed E-state index contributed by atoms with van der Waals surface area (Å²) in [6, 6.07) is 7.73. The number of para-hydroxylation sites is 1. The zero-order valence-electron chi connectivity index (χ0n) is 14.3. The molecule has 23 heavy (non-hydrogen) atoms. The van der Waals surface area contributed by atoms with Crippen LogP contribution in [-0.2, 0) is 9.59 Å². The number of nitrogens with one attached hydrogen (secondary N) is 1. The molecule has 0 bridgehead atoms. The highest BCUT2D eigenvalue weighted by Gasteiger charge is 2.30. The first-order chi connectivity index (χ1) is 10.9. The zero-order valence-corrected chi connectivity index (χ0v) is 15.2. The van der Waals surface area contributed by atoms with Crippen LogP contribution in [0.25, 0.3) is 0 Å². The number of benzene rings is 1. The van der Waals surface area contributed by atoms with Gasteiger partial charge in [0.2, 0.25) is 11.8 Å². The lowest BCUT2D eigenvalue weighted by molar-refractivity contribution is -0.133. The molecule has 2 rings (SSSR count). The molecular weight excluding hydrogens is 308 g/mol. The zero-order chi connectivity index (χ0) is 17.0. The third-order valence-electron chi connectivity index (χ3n) is 3.59. The first-order valence-corrected chi connectivity index (χ1v) is 9.09. The van der Waals surface area contributed by atoms with Crippen LogP contribution in [0.3, 0.4) is 0 Å². The molecule has 1 heterocycles. The molecule has 1 unspecified atom stereocenters. The minimum atomic E-state index is -0.348. The van der Waals surface area contributed by atoms with E-state index in [-0.39, 0.29) is 23.5 Å². The van der Waals surface area contributed by atoms with E-state index in [1.807, 2.05) is 29.2 Å². The van der Waals surface area contributed by atoms with E-state index in [2.05, 4.69) is 33.0 Å². The molecule has 2 amide bonds. The van der Waals surface area contributed by atoms with Crippen LogP contribution in [0.5, 0.6) is 0 Å². The van der Waals surface area contributed by atoms with E-state index in [1.165, 1.54) is 11.8 Å². The highest BCUT2D eigenvalue weighted by Crippen LogP contribution is 2.36. The summed E-state index contributed by atoms with van der Waals surface area (Å²) in [5.74, 6) is 0.841. The largest absolute Gasteiger partial charge is 0.342 e. The molecule has 1 aromatic rings. The number of anilines is 1. The van der Waals surface area contributed by atoms with Gasteiger partial charge in [0.1, 0.15) is 0 Å². The lowest BCUT2D eigenvalue weighted by Crippen LogP contribution is -2.40. The van der Waals surface area contributed by atoms with Gasteiger partial charge in [0.05, 0.1) is 10.9 Å². The third kappa shape index (κ3) is 4.99. The van der Waals surface area contributed by atoms with Gasteiger partial charge >= 0.3 is 0 Å². The summed E-state index contributed by atoms with van der Waals surface area (Å²) >= 11 is 1.49. The SMILES string of the molecule is CC(C)CN(CC(C)C)C(=O)CC1Sc2ccccc2NC1=O. The number of carbonyl (C=O) groups is 2. The Hall–Kier alpha value is -1.49. The van der Waals surface area contributed by atoms with Crippen LogP contribution in [0.15, 0.2) is 29.2 Å². The maximum Gasteiger partial charge on any atom is 0.238 e. The number of fused-ring (bicyclic) bond motifs is 1. The van der Waals surface area contributed by atoms with Gasteiger partial charge < -0.3 is 10.2 Å². The summed E-state index contributed by atoms with van der Waals surface area (Å²) in [5.41, 5.74) is 0.840. The predicted octanol–water partition coefficient (Wildman–Crippen LogP) is 3.63. The van der Waals surface area contributed by atoms with Crippen LogP contribution < -0.4 is 5.32 Å². The summed E-state index contributed by atoms with van der Waals surface area (Å²) < 4.78 is 0. The Bertz CT molecular complexity index is 562. The highest BCUT2D eigenvalue weighted by molar-refractivity contribution is 8.01. The summed E-state index contributed by atoms with van der Waals surface area (Å²) in [6.07, 6.45) is 0.254. The topological polar surface area (TPSA) is 49.4 Å². The van der Waals surface area contributed by atoms with Gasteiger partial charge in [-0.25, -0.2) is 0 Å². The molecule has 126 valence electrons. The minimum absolute atomic E-state index is 0.0689. The van der Waals surface area contributed by atoms with E-state index in [4.69, 9.17) is 0 Å². The molecule has 1 aliphatic rings. The number of thioether (sulfide) groups is 1. The van der Waals surface area contributed by atoms with E-state index in [0.717, 1.165) is 23.7 Å². The summed E-state index contributed by atoms with van der Waals surface area (Å²) in [4.78, 5) is 27.9. The fraction of sp³-hybridized carbons (Fsp3) is 0.556. The van der Waals surface area contributed by atoms with Gasteiger partial charge in [-0.1, -0.05) is 39.8 Å². The second-order valence-electron chi connectivity index (χ2n) is 6.88. The van der Waals surface area contributed by atoms with Crippen LogP contribution in [-0.4, -0.2) is 35.1 Å². The normalized spacial score (nSPS) is 17.1. The number of rotatable bonds is 6. The number of nitrogens with zero attached hydrogens (tertiary/aromatic N) is 1. The predicted molar refractivity (Wildman–Crippen MR) is 95.6 cm³/mol. The first-order valence-electron chi connectivity index (χ1n) is 8.21. The van der Waals surface area contributed by atoms with Gasteiger partial charge in [-0.3, -0.25) is 9.59 Å². The Morgan fingerprint density at radius 3 is 2.39 bits per heavy atom. The van der Waals surface area contributed by atoms with Crippen molar-refractivity contribution in [2.75, 3.05) is 18.4 Å². The van der Waals surface area contributed by atoms with Gasteiger partial charge in [-0.15, -0.1) is 11.8 Å². The maximum atomic E-state index is 12.7. The fourth-order valence-corrected chi connectivity index (χ4v) is 3.78. The van der Waals surface area contributed by atoms with E-state index >= 15 is 0 Å². The number of hydrogen-bond donors (Lipinski definition) is 1. The molecule has 5 heteroatoms. The van der Waals surface area contributed by atoms with Gasteiger partial charge in [0.25, 0.3) is 0 Å². The van der Waals surface area contributed by atoms with Crippen LogP contribution in [0, 0.1) is 11.8 Å². The lowest BCUT2D eigenvalue weighted by atomic mass is 10.1. The lowest BCUT2D eigenvalue weighted by Gasteiger charge is -2.29. The van der Waals surface area contributed by atoms with Crippen LogP contribution >= 0.6 is 11.8 Å². The van der Waals surface area contributed by atoms with E-state index < -0.39 is 0 Å². The second-order valence-corrected chi connectivity index (χ2v) is 8.13. The number of hydrogen-bond acceptors (Lipinski definition) is 3. The molecule has 1 N–H and O–H groups in total. The van der Waals surface area contributed by atoms with Crippen molar-refractivity contribution in [1.82, 2.24) is 4.90 Å². The standard InChI is InChI=1S/C18H26N2O2S/c1-12(2)10-20(11-13(3)4)17(21)9-16-18(22)19-14-7-5-6-8-15(14)23-16/h5-8,12-13,16H,9-11H2,1-4H3,(H,19,22). The summed E-state index contributed by atoms with van der Waals surface area (Å²) in [6.45, 7) is 9.93. The maximum absolute atomic E-state index is 12.7. The Morgan fingerprint density at radius 2 is 1.78 bits per heavy atom. The van der Waals surface area contributed by atoms with Crippen LogP contribution in [0.2, 0.25) is 0 Å². The van der Waals surface area contributed by atoms with Gasteiger partial charge in [-0.2, -0.15) is 0 Å². The molecule has 0 radical (unpaired) electrons. The third-order valence-corrected chi connectivity index (χ3v) is 4.87. The molecule has 4 nitrogen and oxygen atoms in total. The quantitative estimate of drug-likeness (QED) is 0.864. The molecule has 0 aromatic heterocycles. The molecule has 0 saturated heterocycles. The molecule has 1 atom stereocenters. The van der Waals surface area contributed by atoms with E-state index in [1.54, 1.807) is 0 Å². The minimum Gasteiger partial charge on any atom is -0.342 e. The van der Waals surface area contributed by atoms with Crippen molar-refractivity contribution in [3.63, 3.8) is 0 Å². The Kier molecular flexibility index (Phi) is 6.10. The van der Waals surface area contributed by atoms with Gasteiger partial charge in [-0.05, 0) is 24.0 Å². The fourth-order valence-electron chi connectivity index (χ4n) is 2.67. The molecule has 0 aliphatic carbocycles. The molecule has 1 aliphatic heterocycles. The number of amides is 2. The van der Waals surface area contributed by atoms with Crippen molar-refractivity contribution in [2.24, 2.45) is 11.8 Å². The smallest absolute Gasteiger partial charge is 0.238 e. The van der Waals surface area contributed by atoms with Crippen molar-refractivity contribution >= 4 is 29.3 Å². The molecule has 0 fully saturated rings. The van der Waals surface area contributed by atoms with Crippen molar-refractivity contribution < 1.29 is 9.59 Å². The second kappa shape index (κ2) is 7.86. The van der Waals surface area contributed by atoms with Crippen molar-refractivity contribution in [3.8, 4) is 0 Å². The average Bonchev–Trinajstić information content (AvgIpc) is 2.46. The van der Waals surface area contributed by atoms with Crippen molar-refractivity contribution in [2.45, 2.75) is 44.3 Å². The summed E-state index contributed by atoms with van der Waals surface area (Å²) in [5, 5.41) is 2.56. The Balaban J connectivity index is 2.04. The highest BCUT2D eigenvalue weighted by atomic mass is 32.2. The molecular formula is C18H26N2O2S. The monoisotopic (exact) mass is 334 g/mol. The van der Waals surface area contributed by atoms with Crippen LogP contribution in [0.1, 0.15) is 34.1 Å². The molecule has 1 aromatic carbocycles. The van der Waals surface area contributed by atoms with Gasteiger partial charge in [0, 0.05) is 24.4 Å². The average molecular weight is 334 g/mol. The van der Waals surface area contributed by atoms with Gasteiger partial charge in [0.15, 0.2) is 0 Å². The van der Waals surface area contributed by atoms with E-state index in [0.29, 0.717) is 11.8 Å². The Labute approximate surface area is 143 Å². The number of carbonyl (C=O) groups excluding carboxylic acids is 2. The molecule has 0 spiro atoms. The van der Waals surface area contributed by atoms with Crippen molar-refractivity contribution in [1.29, 1.82) is 0 Å².